The van der Waals surface area contributed by atoms with Crippen LogP contribution >= 0.6 is 23.2 Å². The SMILES string of the molecule is Nc1nc(N2CCC(OCc3ccc(Cl)c(Cl)c3)CC2)ncc1[N+](=O)[O-]. The fourth-order valence-corrected chi connectivity index (χ4v) is 3.06. The van der Waals surface area contributed by atoms with E-state index in [0.717, 1.165) is 24.6 Å². The van der Waals surface area contributed by atoms with Crippen molar-refractivity contribution in [1.29, 1.82) is 0 Å². The lowest BCUT2D eigenvalue weighted by molar-refractivity contribution is -0.384. The number of hydrogen-bond donors (Lipinski definition) is 1. The summed E-state index contributed by atoms with van der Waals surface area (Å²) in [6.45, 7) is 1.83. The average Bonchev–Trinajstić information content (AvgIpc) is 2.63. The zero-order chi connectivity index (χ0) is 18.7. The Balaban J connectivity index is 1.53. The first-order valence-corrected chi connectivity index (χ1v) is 8.77. The van der Waals surface area contributed by atoms with E-state index in [2.05, 4.69) is 9.97 Å². The molecule has 0 unspecified atom stereocenters. The molecule has 0 spiro atoms. The highest BCUT2D eigenvalue weighted by atomic mass is 35.5. The molecule has 0 radical (unpaired) electrons. The molecular formula is C16H17Cl2N5O3. The number of aromatic nitrogens is 2. The second-order valence-electron chi connectivity index (χ2n) is 5.94. The minimum absolute atomic E-state index is 0.107. The van der Waals surface area contributed by atoms with Crippen LogP contribution in [-0.4, -0.2) is 34.1 Å². The van der Waals surface area contributed by atoms with Crippen LogP contribution in [0.2, 0.25) is 10.0 Å². The van der Waals surface area contributed by atoms with E-state index in [1.807, 2.05) is 11.0 Å². The standard InChI is InChI=1S/C16H17Cl2N5O3/c17-12-2-1-10(7-13(12)18)9-26-11-3-5-22(6-4-11)16-20-8-14(23(24)25)15(19)21-16/h1-2,7-8,11H,3-6,9H2,(H2,19,20,21). The van der Waals surface area contributed by atoms with Crippen LogP contribution in [0, 0.1) is 10.1 Å². The van der Waals surface area contributed by atoms with Crippen molar-refractivity contribution < 1.29 is 9.66 Å². The number of nitro groups is 1. The molecule has 8 nitrogen and oxygen atoms in total. The van der Waals surface area contributed by atoms with Gasteiger partial charge < -0.3 is 15.4 Å². The molecule has 26 heavy (non-hydrogen) atoms. The number of nitrogens with two attached hydrogens (primary N) is 1. The summed E-state index contributed by atoms with van der Waals surface area (Å²) in [5, 5.41) is 11.8. The van der Waals surface area contributed by atoms with E-state index in [1.54, 1.807) is 12.1 Å². The average molecular weight is 398 g/mol. The maximum atomic E-state index is 10.8. The van der Waals surface area contributed by atoms with E-state index >= 15 is 0 Å². The van der Waals surface area contributed by atoms with Crippen LogP contribution in [0.1, 0.15) is 18.4 Å². The summed E-state index contributed by atoms with van der Waals surface area (Å²) in [7, 11) is 0. The van der Waals surface area contributed by atoms with Gasteiger partial charge in [-0.25, -0.2) is 4.98 Å². The molecule has 1 fully saturated rings. The van der Waals surface area contributed by atoms with Crippen LogP contribution in [0.3, 0.4) is 0 Å². The summed E-state index contributed by atoms with van der Waals surface area (Å²) in [4.78, 5) is 20.2. The van der Waals surface area contributed by atoms with E-state index in [0.29, 0.717) is 35.7 Å². The van der Waals surface area contributed by atoms with Gasteiger partial charge in [-0.05, 0) is 30.5 Å². The third-order valence-electron chi connectivity index (χ3n) is 4.18. The lowest BCUT2D eigenvalue weighted by Crippen LogP contribution is -2.38. The van der Waals surface area contributed by atoms with Crippen LogP contribution in [-0.2, 0) is 11.3 Å². The molecule has 10 heteroatoms. The van der Waals surface area contributed by atoms with Crippen LogP contribution in [0.5, 0.6) is 0 Å². The second kappa shape index (κ2) is 8.03. The summed E-state index contributed by atoms with van der Waals surface area (Å²) in [6.07, 6.45) is 2.84. The largest absolute Gasteiger partial charge is 0.378 e. The number of hydrogen-bond acceptors (Lipinski definition) is 7. The molecule has 0 aliphatic carbocycles. The van der Waals surface area contributed by atoms with Gasteiger partial charge in [0.05, 0.1) is 27.7 Å². The van der Waals surface area contributed by atoms with Crippen LogP contribution < -0.4 is 10.6 Å². The summed E-state index contributed by atoms with van der Waals surface area (Å²) in [6, 6.07) is 5.44. The third-order valence-corrected chi connectivity index (χ3v) is 4.92. The molecule has 0 amide bonds. The van der Waals surface area contributed by atoms with Gasteiger partial charge in [0.15, 0.2) is 0 Å². The lowest BCUT2D eigenvalue weighted by Gasteiger charge is -2.31. The molecule has 1 aromatic carbocycles. The van der Waals surface area contributed by atoms with Crippen LogP contribution in [0.15, 0.2) is 24.4 Å². The summed E-state index contributed by atoms with van der Waals surface area (Å²) >= 11 is 11.9. The molecule has 1 saturated heterocycles. The highest BCUT2D eigenvalue weighted by Crippen LogP contribution is 2.25. The van der Waals surface area contributed by atoms with Crippen molar-refractivity contribution >= 4 is 40.7 Å². The molecule has 0 atom stereocenters. The molecule has 1 aliphatic heterocycles. The fourth-order valence-electron chi connectivity index (χ4n) is 2.74. The smallest absolute Gasteiger partial charge is 0.329 e. The molecule has 0 bridgehead atoms. The minimum atomic E-state index is -0.595. The van der Waals surface area contributed by atoms with E-state index < -0.39 is 4.92 Å². The maximum Gasteiger partial charge on any atom is 0.329 e. The molecule has 2 heterocycles. The molecule has 1 aliphatic rings. The first-order valence-electron chi connectivity index (χ1n) is 8.01. The molecule has 2 N–H and O–H groups in total. The van der Waals surface area contributed by atoms with Gasteiger partial charge in [-0.3, -0.25) is 10.1 Å². The first kappa shape index (κ1) is 18.6. The summed E-state index contributed by atoms with van der Waals surface area (Å²) in [5.41, 5.74) is 6.31. The molecule has 1 aromatic heterocycles. The first-order chi connectivity index (χ1) is 12.4. The van der Waals surface area contributed by atoms with Gasteiger partial charge in [-0.15, -0.1) is 0 Å². The predicted molar refractivity (Wildman–Crippen MR) is 99.6 cm³/mol. The highest BCUT2D eigenvalue weighted by molar-refractivity contribution is 6.42. The molecule has 3 rings (SSSR count). The quantitative estimate of drug-likeness (QED) is 0.607. The normalized spacial score (nSPS) is 15.2. The number of piperidine rings is 1. The molecule has 2 aromatic rings. The molecule has 0 saturated carbocycles. The number of nitrogen functional groups attached to an aromatic ring is 1. The molecular weight excluding hydrogens is 381 g/mol. The van der Waals surface area contributed by atoms with E-state index in [-0.39, 0.29) is 17.6 Å². The van der Waals surface area contributed by atoms with Gasteiger partial charge in [-0.1, -0.05) is 29.3 Å². The Morgan fingerprint density at radius 1 is 1.31 bits per heavy atom. The number of nitrogens with zero attached hydrogens (tertiary/aromatic N) is 4. The zero-order valence-corrected chi connectivity index (χ0v) is 15.3. The van der Waals surface area contributed by atoms with Crippen molar-refractivity contribution in [3.05, 3.63) is 50.1 Å². The van der Waals surface area contributed by atoms with Crippen molar-refractivity contribution in [1.82, 2.24) is 9.97 Å². The predicted octanol–water partition coefficient (Wildman–Crippen LogP) is 3.46. The van der Waals surface area contributed by atoms with E-state index in [9.17, 15) is 10.1 Å². The summed E-state index contributed by atoms with van der Waals surface area (Å²) in [5.74, 6) is 0.272. The zero-order valence-electron chi connectivity index (χ0n) is 13.8. The number of benzene rings is 1. The Morgan fingerprint density at radius 2 is 2.04 bits per heavy atom. The van der Waals surface area contributed by atoms with Crippen molar-refractivity contribution in [3.8, 4) is 0 Å². The maximum absolute atomic E-state index is 10.8. The number of anilines is 2. The summed E-state index contributed by atoms with van der Waals surface area (Å²) < 4.78 is 5.94. The topological polar surface area (TPSA) is 107 Å². The third kappa shape index (κ3) is 4.32. The Kier molecular flexibility index (Phi) is 5.75. The Hall–Kier alpha value is -2.16. The number of rotatable bonds is 5. The van der Waals surface area contributed by atoms with Crippen LogP contribution in [0.4, 0.5) is 17.5 Å². The minimum Gasteiger partial charge on any atom is -0.378 e. The fraction of sp³-hybridized carbons (Fsp3) is 0.375. The Labute approximate surface area is 160 Å². The van der Waals surface area contributed by atoms with Crippen molar-refractivity contribution in [2.24, 2.45) is 0 Å². The Morgan fingerprint density at radius 3 is 2.65 bits per heavy atom. The number of halogens is 2. The van der Waals surface area contributed by atoms with Gasteiger partial charge >= 0.3 is 5.69 Å². The van der Waals surface area contributed by atoms with Crippen LogP contribution in [0.25, 0.3) is 0 Å². The second-order valence-corrected chi connectivity index (χ2v) is 6.76. The van der Waals surface area contributed by atoms with Gasteiger partial charge in [0, 0.05) is 13.1 Å². The lowest BCUT2D eigenvalue weighted by atomic mass is 10.1. The van der Waals surface area contributed by atoms with Gasteiger partial charge in [-0.2, -0.15) is 4.98 Å². The van der Waals surface area contributed by atoms with Gasteiger partial charge in [0.1, 0.15) is 6.20 Å². The van der Waals surface area contributed by atoms with Gasteiger partial charge in [0.2, 0.25) is 11.8 Å². The highest BCUT2D eigenvalue weighted by Gasteiger charge is 2.23. The van der Waals surface area contributed by atoms with Crippen molar-refractivity contribution in [2.45, 2.75) is 25.6 Å². The van der Waals surface area contributed by atoms with E-state index in [1.165, 1.54) is 0 Å². The van der Waals surface area contributed by atoms with E-state index in [4.69, 9.17) is 33.7 Å². The molecule has 138 valence electrons. The monoisotopic (exact) mass is 397 g/mol. The van der Waals surface area contributed by atoms with Gasteiger partial charge in [0.25, 0.3) is 0 Å². The Bertz CT molecular complexity index is 812. The number of ether oxygens (including phenoxy) is 1. The van der Waals surface area contributed by atoms with Crippen molar-refractivity contribution in [2.75, 3.05) is 23.7 Å². The van der Waals surface area contributed by atoms with Crippen molar-refractivity contribution in [3.63, 3.8) is 0 Å².